The Labute approximate surface area is 164 Å². The molecule has 3 aliphatic rings. The molecule has 1 N–H and O–H groups in total. The van der Waals surface area contributed by atoms with Crippen LogP contribution in [0.15, 0.2) is 4.99 Å². The van der Waals surface area contributed by atoms with E-state index in [1.54, 1.807) is 0 Å². The molecule has 0 bridgehead atoms. The van der Waals surface area contributed by atoms with Gasteiger partial charge in [-0.15, -0.1) is 24.0 Å². The molecular weight excluding hydrogens is 415 g/mol. The molecule has 6 heteroatoms. The Morgan fingerprint density at radius 2 is 2.12 bits per heavy atom. The van der Waals surface area contributed by atoms with Crippen LogP contribution < -0.4 is 5.32 Å². The molecule has 2 unspecified atom stereocenters. The average Bonchev–Trinajstić information content (AvgIpc) is 2.97. The highest BCUT2D eigenvalue weighted by molar-refractivity contribution is 14.0. The van der Waals surface area contributed by atoms with E-state index in [0.29, 0.717) is 17.5 Å². The molecule has 0 radical (unpaired) electrons. The predicted octanol–water partition coefficient (Wildman–Crippen LogP) is 2.56. The van der Waals surface area contributed by atoms with Crippen molar-refractivity contribution in [2.45, 2.75) is 58.5 Å². The van der Waals surface area contributed by atoms with Crippen molar-refractivity contribution in [3.05, 3.63) is 0 Å². The molecule has 2 saturated heterocycles. The van der Waals surface area contributed by atoms with Crippen molar-refractivity contribution in [1.29, 1.82) is 0 Å². The number of ether oxygens (including phenoxy) is 1. The molecule has 140 valence electrons. The second kappa shape index (κ2) is 9.03. The molecule has 3 rings (SSSR count). The molecule has 3 fully saturated rings. The van der Waals surface area contributed by atoms with Crippen molar-refractivity contribution < 1.29 is 4.74 Å². The minimum Gasteiger partial charge on any atom is -0.379 e. The van der Waals surface area contributed by atoms with Crippen LogP contribution in [-0.2, 0) is 4.74 Å². The Morgan fingerprint density at radius 1 is 1.33 bits per heavy atom. The average molecular weight is 450 g/mol. The van der Waals surface area contributed by atoms with Crippen LogP contribution in [0.1, 0.15) is 46.5 Å². The third-order valence-electron chi connectivity index (χ3n) is 5.98. The number of guanidine groups is 1. The van der Waals surface area contributed by atoms with Crippen molar-refractivity contribution in [3.8, 4) is 0 Å². The predicted molar refractivity (Wildman–Crippen MR) is 110 cm³/mol. The zero-order valence-electron chi connectivity index (χ0n) is 15.6. The molecule has 1 saturated carbocycles. The van der Waals surface area contributed by atoms with Crippen molar-refractivity contribution in [3.63, 3.8) is 0 Å². The fourth-order valence-electron chi connectivity index (χ4n) is 4.34. The summed E-state index contributed by atoms with van der Waals surface area (Å²) in [6, 6.07) is 0.976. The van der Waals surface area contributed by atoms with Crippen LogP contribution in [0.3, 0.4) is 0 Å². The van der Waals surface area contributed by atoms with Gasteiger partial charge >= 0.3 is 0 Å². The van der Waals surface area contributed by atoms with Gasteiger partial charge in [0.2, 0.25) is 0 Å². The quantitative estimate of drug-likeness (QED) is 0.406. The van der Waals surface area contributed by atoms with Crippen LogP contribution in [0.25, 0.3) is 0 Å². The van der Waals surface area contributed by atoms with Gasteiger partial charge in [-0.3, -0.25) is 9.89 Å². The molecule has 1 aliphatic carbocycles. The molecule has 0 aromatic heterocycles. The Bertz CT molecular complexity index is 427. The van der Waals surface area contributed by atoms with Crippen molar-refractivity contribution >= 4 is 29.9 Å². The number of hydrogen-bond donors (Lipinski definition) is 1. The van der Waals surface area contributed by atoms with E-state index in [1.807, 2.05) is 0 Å². The Balaban J connectivity index is 0.00000208. The van der Waals surface area contributed by atoms with Crippen LogP contribution in [0.2, 0.25) is 0 Å². The van der Waals surface area contributed by atoms with Gasteiger partial charge in [0.1, 0.15) is 0 Å². The number of halogens is 1. The number of nitrogens with zero attached hydrogens (tertiary/aromatic N) is 3. The molecule has 0 aromatic rings. The van der Waals surface area contributed by atoms with Crippen LogP contribution in [0.4, 0.5) is 0 Å². The van der Waals surface area contributed by atoms with E-state index >= 15 is 0 Å². The Hall–Kier alpha value is -0.0800. The summed E-state index contributed by atoms with van der Waals surface area (Å²) in [7, 11) is 0. The maximum Gasteiger partial charge on any atom is 0.193 e. The highest BCUT2D eigenvalue weighted by Crippen LogP contribution is 2.47. The molecule has 5 nitrogen and oxygen atoms in total. The van der Waals surface area contributed by atoms with Gasteiger partial charge in [0, 0.05) is 38.3 Å². The van der Waals surface area contributed by atoms with E-state index in [2.05, 4.69) is 35.9 Å². The first-order valence-corrected chi connectivity index (χ1v) is 9.50. The van der Waals surface area contributed by atoms with Crippen molar-refractivity contribution in [1.82, 2.24) is 15.1 Å². The maximum absolute atomic E-state index is 5.55. The summed E-state index contributed by atoms with van der Waals surface area (Å²) >= 11 is 0. The lowest BCUT2D eigenvalue weighted by Crippen LogP contribution is -2.50. The number of likely N-dealkylation sites (tertiary alicyclic amines) is 1. The summed E-state index contributed by atoms with van der Waals surface area (Å²) in [5, 5.41) is 3.51. The largest absolute Gasteiger partial charge is 0.379 e. The van der Waals surface area contributed by atoms with Gasteiger partial charge in [-0.05, 0) is 45.4 Å². The first kappa shape index (κ1) is 20.2. The van der Waals surface area contributed by atoms with Gasteiger partial charge < -0.3 is 15.0 Å². The van der Waals surface area contributed by atoms with Gasteiger partial charge in [0.25, 0.3) is 0 Å². The molecule has 2 heterocycles. The Morgan fingerprint density at radius 3 is 2.71 bits per heavy atom. The van der Waals surface area contributed by atoms with E-state index < -0.39 is 0 Å². The van der Waals surface area contributed by atoms with Crippen LogP contribution in [0.5, 0.6) is 0 Å². The Kier molecular flexibility index (Phi) is 7.61. The van der Waals surface area contributed by atoms with Crippen LogP contribution in [-0.4, -0.2) is 73.8 Å². The fraction of sp³-hybridized carbons (Fsp3) is 0.944. The number of hydrogen-bond acceptors (Lipinski definition) is 3. The van der Waals surface area contributed by atoms with Crippen molar-refractivity contribution in [2.24, 2.45) is 10.4 Å². The third kappa shape index (κ3) is 4.55. The third-order valence-corrected chi connectivity index (χ3v) is 5.98. The van der Waals surface area contributed by atoms with Gasteiger partial charge in [-0.25, -0.2) is 0 Å². The van der Waals surface area contributed by atoms with E-state index in [4.69, 9.17) is 9.73 Å². The summed E-state index contributed by atoms with van der Waals surface area (Å²) < 4.78 is 5.55. The standard InChI is InChI=1S/C18H34N4O.HI/c1-4-19-17(21-9-8-18(14-21)6-5-7-18)20-12-15(2)22-10-11-23-13-16(22)3;/h15-16H,4-14H2,1-3H3,(H,19,20);1H. The summed E-state index contributed by atoms with van der Waals surface area (Å²) in [6.07, 6.45) is 5.62. The molecular formula is C18H35IN4O. The SMILES string of the molecule is CCNC(=NCC(C)N1CCOCC1C)N1CCC2(CCC2)C1.I. The first-order valence-electron chi connectivity index (χ1n) is 9.50. The smallest absolute Gasteiger partial charge is 0.193 e. The summed E-state index contributed by atoms with van der Waals surface area (Å²) in [5.41, 5.74) is 0.626. The lowest BCUT2D eigenvalue weighted by molar-refractivity contribution is -0.0166. The monoisotopic (exact) mass is 450 g/mol. The molecule has 0 aromatic carbocycles. The van der Waals surface area contributed by atoms with Gasteiger partial charge in [-0.2, -0.15) is 0 Å². The highest BCUT2D eigenvalue weighted by atomic mass is 127. The van der Waals surface area contributed by atoms with Gasteiger partial charge in [0.05, 0.1) is 19.8 Å². The second-order valence-electron chi connectivity index (χ2n) is 7.73. The van der Waals surface area contributed by atoms with Crippen molar-refractivity contribution in [2.75, 3.05) is 45.9 Å². The minimum absolute atomic E-state index is 0. The highest BCUT2D eigenvalue weighted by Gasteiger charge is 2.43. The van der Waals surface area contributed by atoms with Crippen LogP contribution in [0, 0.1) is 5.41 Å². The van der Waals surface area contributed by atoms with Crippen LogP contribution >= 0.6 is 24.0 Å². The van der Waals surface area contributed by atoms with Gasteiger partial charge in [-0.1, -0.05) is 6.42 Å². The van der Waals surface area contributed by atoms with E-state index in [0.717, 1.165) is 38.8 Å². The lowest BCUT2D eigenvalue weighted by Gasteiger charge is -2.38. The number of rotatable bonds is 4. The number of morpholine rings is 1. The number of nitrogens with one attached hydrogen (secondary N) is 1. The lowest BCUT2D eigenvalue weighted by atomic mass is 9.68. The zero-order chi connectivity index (χ0) is 16.3. The first-order chi connectivity index (χ1) is 11.1. The zero-order valence-corrected chi connectivity index (χ0v) is 17.9. The number of aliphatic imine (C=N–C) groups is 1. The molecule has 2 aliphatic heterocycles. The summed E-state index contributed by atoms with van der Waals surface area (Å²) in [5.74, 6) is 1.13. The normalized spacial score (nSPS) is 28.4. The molecule has 0 amide bonds. The van der Waals surface area contributed by atoms with E-state index in [1.165, 1.54) is 38.8 Å². The molecule has 1 spiro atoms. The van der Waals surface area contributed by atoms with E-state index in [9.17, 15) is 0 Å². The summed E-state index contributed by atoms with van der Waals surface area (Å²) in [6.45, 7) is 13.7. The minimum atomic E-state index is 0. The molecule has 24 heavy (non-hydrogen) atoms. The topological polar surface area (TPSA) is 40.1 Å². The maximum atomic E-state index is 5.55. The second-order valence-corrected chi connectivity index (χ2v) is 7.73. The fourth-order valence-corrected chi connectivity index (χ4v) is 4.34. The van der Waals surface area contributed by atoms with E-state index in [-0.39, 0.29) is 24.0 Å². The van der Waals surface area contributed by atoms with Gasteiger partial charge in [0.15, 0.2) is 5.96 Å². The molecule has 2 atom stereocenters. The summed E-state index contributed by atoms with van der Waals surface area (Å²) in [4.78, 5) is 10.0.